The maximum Gasteiger partial charge on any atom is 0.269 e. The summed E-state index contributed by atoms with van der Waals surface area (Å²) in [6.45, 7) is 0. The van der Waals surface area contributed by atoms with Crippen molar-refractivity contribution in [3.63, 3.8) is 0 Å². The molecule has 100 valence electrons. The number of halogens is 2. The summed E-state index contributed by atoms with van der Waals surface area (Å²) in [4.78, 5) is 10.0. The third kappa shape index (κ3) is 2.60. The van der Waals surface area contributed by atoms with E-state index in [4.69, 9.17) is 11.6 Å². The van der Waals surface area contributed by atoms with Crippen molar-refractivity contribution in [2.24, 2.45) is 0 Å². The highest BCUT2D eigenvalue weighted by Crippen LogP contribution is 2.32. The van der Waals surface area contributed by atoms with E-state index >= 15 is 0 Å². The topological polar surface area (TPSA) is 66.9 Å². The minimum atomic E-state index is -0.912. The van der Waals surface area contributed by atoms with Gasteiger partial charge in [0.2, 0.25) is 0 Å². The van der Waals surface area contributed by atoms with E-state index in [1.54, 1.807) is 0 Å². The third-order valence-electron chi connectivity index (χ3n) is 2.85. The van der Waals surface area contributed by atoms with Crippen LogP contribution in [-0.2, 0) is 0 Å². The van der Waals surface area contributed by atoms with Gasteiger partial charge in [0.05, 0.1) is 11.0 Å². The van der Waals surface area contributed by atoms with Crippen LogP contribution in [0, 0.1) is 27.3 Å². The zero-order valence-corrected chi connectivity index (χ0v) is 10.8. The van der Waals surface area contributed by atoms with Gasteiger partial charge >= 0.3 is 0 Å². The molecule has 0 aliphatic heterocycles. The Labute approximate surface area is 119 Å². The first-order valence-electron chi connectivity index (χ1n) is 5.62. The Morgan fingerprint density at radius 1 is 1.25 bits per heavy atom. The number of nitrogens with zero attached hydrogens (tertiary/aromatic N) is 2. The van der Waals surface area contributed by atoms with Crippen LogP contribution in [0.4, 0.5) is 10.1 Å². The van der Waals surface area contributed by atoms with Crippen LogP contribution in [-0.4, -0.2) is 4.92 Å². The van der Waals surface area contributed by atoms with Crippen molar-refractivity contribution in [1.82, 2.24) is 0 Å². The molecule has 0 aromatic heterocycles. The molecule has 0 spiro atoms. The predicted molar refractivity (Wildman–Crippen MR) is 72.0 cm³/mol. The van der Waals surface area contributed by atoms with Gasteiger partial charge in [0, 0.05) is 22.7 Å². The van der Waals surface area contributed by atoms with Gasteiger partial charge in [-0.3, -0.25) is 10.1 Å². The third-order valence-corrected chi connectivity index (χ3v) is 3.18. The summed E-state index contributed by atoms with van der Waals surface area (Å²) in [5.41, 5.74) is 0.431. The van der Waals surface area contributed by atoms with Crippen molar-refractivity contribution in [3.8, 4) is 6.07 Å². The minimum absolute atomic E-state index is 0.0746. The Morgan fingerprint density at radius 2 is 1.90 bits per heavy atom. The van der Waals surface area contributed by atoms with Gasteiger partial charge in [0.25, 0.3) is 5.69 Å². The fourth-order valence-electron chi connectivity index (χ4n) is 1.88. The maximum absolute atomic E-state index is 13.8. The molecule has 0 saturated heterocycles. The molecule has 2 aromatic rings. The summed E-state index contributed by atoms with van der Waals surface area (Å²) in [6, 6.07) is 11.5. The number of nitriles is 1. The summed E-state index contributed by atoms with van der Waals surface area (Å²) >= 11 is 5.94. The largest absolute Gasteiger partial charge is 0.269 e. The van der Waals surface area contributed by atoms with Crippen LogP contribution in [0.3, 0.4) is 0 Å². The summed E-state index contributed by atoms with van der Waals surface area (Å²) in [5.74, 6) is -1.49. The summed E-state index contributed by atoms with van der Waals surface area (Å²) in [7, 11) is 0. The van der Waals surface area contributed by atoms with E-state index in [-0.39, 0.29) is 16.3 Å². The summed E-state index contributed by atoms with van der Waals surface area (Å²) < 4.78 is 13.8. The van der Waals surface area contributed by atoms with Crippen LogP contribution in [0.25, 0.3) is 0 Å². The Kier molecular flexibility index (Phi) is 3.97. The van der Waals surface area contributed by atoms with Gasteiger partial charge < -0.3 is 0 Å². The number of hydrogen-bond donors (Lipinski definition) is 0. The number of non-ortho nitro benzene ring substituents is 1. The fraction of sp³-hybridized carbons (Fsp3) is 0.0714. The molecule has 0 radical (unpaired) electrons. The molecular weight excluding hydrogens is 283 g/mol. The quantitative estimate of drug-likeness (QED) is 0.633. The maximum atomic E-state index is 13.8. The number of nitro groups is 1. The van der Waals surface area contributed by atoms with Gasteiger partial charge in [-0.25, -0.2) is 4.39 Å². The fourth-order valence-corrected chi connectivity index (χ4v) is 2.15. The van der Waals surface area contributed by atoms with E-state index in [2.05, 4.69) is 0 Å². The Balaban J connectivity index is 2.48. The molecule has 0 bridgehead atoms. The molecule has 0 saturated carbocycles. The molecule has 2 aromatic carbocycles. The number of nitro benzene ring substituents is 1. The normalized spacial score (nSPS) is 11.7. The monoisotopic (exact) mass is 290 g/mol. The van der Waals surface area contributed by atoms with E-state index in [0.29, 0.717) is 5.56 Å². The smallest absolute Gasteiger partial charge is 0.258 e. The van der Waals surface area contributed by atoms with Crippen LogP contribution in [0.5, 0.6) is 0 Å². The Morgan fingerprint density at radius 3 is 2.40 bits per heavy atom. The highest BCUT2D eigenvalue weighted by atomic mass is 35.5. The Bertz CT molecular complexity index is 675. The van der Waals surface area contributed by atoms with Crippen LogP contribution >= 0.6 is 11.6 Å². The Hall–Kier alpha value is -2.45. The average molecular weight is 291 g/mol. The van der Waals surface area contributed by atoms with E-state index in [9.17, 15) is 19.8 Å². The van der Waals surface area contributed by atoms with Gasteiger partial charge in [0.1, 0.15) is 11.7 Å². The van der Waals surface area contributed by atoms with Crippen LogP contribution in [0.15, 0.2) is 42.5 Å². The SMILES string of the molecule is N#C[C@H](c1ccc([N+](=O)[O-])cc1)c1c(F)cccc1Cl. The van der Waals surface area contributed by atoms with Crippen LogP contribution in [0.2, 0.25) is 5.02 Å². The lowest BCUT2D eigenvalue weighted by molar-refractivity contribution is -0.384. The number of hydrogen-bond acceptors (Lipinski definition) is 3. The first-order chi connectivity index (χ1) is 9.54. The standard InChI is InChI=1S/C14H8ClFN2O2/c15-12-2-1-3-13(16)14(12)11(8-17)9-4-6-10(7-5-9)18(19)20/h1-7,11H/t11-/m1/s1. The van der Waals surface area contributed by atoms with Crippen molar-refractivity contribution in [1.29, 1.82) is 5.26 Å². The van der Waals surface area contributed by atoms with Gasteiger partial charge in [-0.2, -0.15) is 5.26 Å². The molecule has 1 atom stereocenters. The van der Waals surface area contributed by atoms with Crippen molar-refractivity contribution >= 4 is 17.3 Å². The molecule has 20 heavy (non-hydrogen) atoms. The van der Waals surface area contributed by atoms with E-state index in [0.717, 1.165) is 0 Å². The lowest BCUT2D eigenvalue weighted by Gasteiger charge is -2.12. The molecule has 0 aliphatic carbocycles. The zero-order chi connectivity index (χ0) is 14.7. The lowest BCUT2D eigenvalue weighted by atomic mass is 9.92. The first kappa shape index (κ1) is 14.0. The molecular formula is C14H8ClFN2O2. The van der Waals surface area contributed by atoms with Crippen LogP contribution < -0.4 is 0 Å². The van der Waals surface area contributed by atoms with Gasteiger partial charge in [0.15, 0.2) is 0 Å². The number of benzene rings is 2. The molecule has 0 aliphatic rings. The van der Waals surface area contributed by atoms with E-state index in [1.165, 1.54) is 42.5 Å². The number of rotatable bonds is 3. The zero-order valence-electron chi connectivity index (χ0n) is 10.1. The highest BCUT2D eigenvalue weighted by Gasteiger charge is 2.21. The molecule has 0 N–H and O–H groups in total. The second-order valence-corrected chi connectivity index (χ2v) is 4.45. The van der Waals surface area contributed by atoms with Crippen molar-refractivity contribution in [2.75, 3.05) is 0 Å². The predicted octanol–water partition coefficient (Wildman–Crippen LogP) is 4.04. The van der Waals surface area contributed by atoms with Crippen molar-refractivity contribution in [3.05, 3.63) is 74.5 Å². The minimum Gasteiger partial charge on any atom is -0.258 e. The van der Waals surface area contributed by atoms with E-state index in [1.807, 2.05) is 6.07 Å². The molecule has 6 heteroatoms. The highest BCUT2D eigenvalue weighted by molar-refractivity contribution is 6.31. The van der Waals surface area contributed by atoms with Crippen LogP contribution in [0.1, 0.15) is 17.0 Å². The average Bonchev–Trinajstić information content (AvgIpc) is 2.43. The van der Waals surface area contributed by atoms with E-state index < -0.39 is 16.7 Å². The molecule has 0 amide bonds. The lowest BCUT2D eigenvalue weighted by Crippen LogP contribution is -2.02. The van der Waals surface area contributed by atoms with Crippen molar-refractivity contribution < 1.29 is 9.31 Å². The second-order valence-electron chi connectivity index (χ2n) is 4.05. The molecule has 0 fully saturated rings. The van der Waals surface area contributed by atoms with Crippen molar-refractivity contribution in [2.45, 2.75) is 5.92 Å². The molecule has 0 heterocycles. The van der Waals surface area contributed by atoms with Gasteiger partial charge in [-0.15, -0.1) is 0 Å². The second kappa shape index (κ2) is 5.68. The van der Waals surface area contributed by atoms with Gasteiger partial charge in [-0.05, 0) is 17.7 Å². The summed E-state index contributed by atoms with van der Waals surface area (Å²) in [5, 5.41) is 20.0. The molecule has 0 unspecified atom stereocenters. The van der Waals surface area contributed by atoms with Gasteiger partial charge in [-0.1, -0.05) is 29.8 Å². The summed E-state index contributed by atoms with van der Waals surface area (Å²) in [6.07, 6.45) is 0. The molecule has 4 nitrogen and oxygen atoms in total. The first-order valence-corrected chi connectivity index (χ1v) is 6.00. The molecule has 2 rings (SSSR count).